The van der Waals surface area contributed by atoms with Crippen LogP contribution in [0.15, 0.2) is 45.8 Å². The average Bonchev–Trinajstić information content (AvgIpc) is 2.90. The number of hydrogen-bond donors (Lipinski definition) is 1. The Morgan fingerprint density at radius 3 is 2.44 bits per heavy atom. The molecule has 0 radical (unpaired) electrons. The predicted molar refractivity (Wildman–Crippen MR) is 88.1 cm³/mol. The van der Waals surface area contributed by atoms with E-state index in [1.807, 2.05) is 19.1 Å². The molecule has 130 valence electrons. The van der Waals surface area contributed by atoms with E-state index in [2.05, 4.69) is 5.16 Å². The molecule has 0 saturated carbocycles. The number of nitrogens with two attached hydrogens (primary N) is 1. The second-order valence-electron chi connectivity index (χ2n) is 5.64. The van der Waals surface area contributed by atoms with E-state index in [1.165, 1.54) is 0 Å². The number of aromatic nitrogens is 1. The van der Waals surface area contributed by atoms with Gasteiger partial charge in [-0.1, -0.05) is 28.9 Å². The lowest BCUT2D eigenvalue weighted by Crippen LogP contribution is -2.14. The highest BCUT2D eigenvalue weighted by molar-refractivity contribution is 7.89. The highest BCUT2D eigenvalue weighted by Gasteiger charge is 2.24. The van der Waals surface area contributed by atoms with Crippen molar-refractivity contribution < 1.29 is 21.7 Å². The number of sulfonamides is 1. The first-order valence-electron chi connectivity index (χ1n) is 7.24. The summed E-state index contributed by atoms with van der Waals surface area (Å²) in [6.07, 6.45) is 0. The Kier molecular flexibility index (Phi) is 4.18. The maximum absolute atomic E-state index is 14.5. The van der Waals surface area contributed by atoms with Crippen LogP contribution in [0, 0.1) is 25.5 Å². The van der Waals surface area contributed by atoms with Gasteiger partial charge in [0.1, 0.15) is 28.0 Å². The molecule has 0 aliphatic rings. The van der Waals surface area contributed by atoms with Gasteiger partial charge in [-0.3, -0.25) is 0 Å². The first-order chi connectivity index (χ1) is 11.7. The monoisotopic (exact) mass is 364 g/mol. The summed E-state index contributed by atoms with van der Waals surface area (Å²) in [5.74, 6) is -1.81. The molecule has 0 unspecified atom stereocenters. The van der Waals surface area contributed by atoms with Gasteiger partial charge in [0, 0.05) is 11.1 Å². The highest BCUT2D eigenvalue weighted by atomic mass is 32.2. The lowest BCUT2D eigenvalue weighted by molar-refractivity contribution is 0.400. The summed E-state index contributed by atoms with van der Waals surface area (Å²) in [6, 6.07) is 8.63. The summed E-state index contributed by atoms with van der Waals surface area (Å²) in [7, 11) is -4.37. The number of aryl methyl sites for hydroxylation is 2. The molecule has 1 heterocycles. The van der Waals surface area contributed by atoms with Crippen LogP contribution < -0.4 is 5.14 Å². The van der Waals surface area contributed by atoms with Crippen molar-refractivity contribution in [1.82, 2.24) is 5.16 Å². The Hall–Kier alpha value is -2.58. The van der Waals surface area contributed by atoms with Gasteiger partial charge in [-0.2, -0.15) is 0 Å². The molecule has 25 heavy (non-hydrogen) atoms. The highest BCUT2D eigenvalue weighted by Crippen LogP contribution is 2.37. The molecule has 0 atom stereocenters. The Morgan fingerprint density at radius 2 is 1.80 bits per heavy atom. The lowest BCUT2D eigenvalue weighted by Gasteiger charge is -2.08. The molecule has 0 aliphatic carbocycles. The molecule has 0 saturated heterocycles. The fourth-order valence-corrected chi connectivity index (χ4v) is 3.22. The summed E-state index contributed by atoms with van der Waals surface area (Å²) in [6.45, 7) is 3.45. The number of benzene rings is 2. The first kappa shape index (κ1) is 17.2. The standard InChI is InChI=1S/C17H14F2N2O3S/c1-9-4-3-5-11(6-9)17-16(10(2)24-21-17)12-7-14(19)15(8-13(12)18)25(20,22)23/h3-8H,1-2H3,(H2,20,22,23). The van der Waals surface area contributed by atoms with E-state index < -0.39 is 26.6 Å². The summed E-state index contributed by atoms with van der Waals surface area (Å²) in [5.41, 5.74) is 2.06. The number of rotatable bonds is 3. The fourth-order valence-electron chi connectivity index (χ4n) is 2.62. The fraction of sp³-hybridized carbons (Fsp3) is 0.118. The second kappa shape index (κ2) is 6.05. The van der Waals surface area contributed by atoms with Gasteiger partial charge in [-0.05, 0) is 32.0 Å². The van der Waals surface area contributed by atoms with Crippen molar-refractivity contribution in [1.29, 1.82) is 0 Å². The van der Waals surface area contributed by atoms with Gasteiger partial charge in [0.2, 0.25) is 10.0 Å². The van der Waals surface area contributed by atoms with Crippen LogP contribution in [0.5, 0.6) is 0 Å². The largest absolute Gasteiger partial charge is 0.360 e. The zero-order chi connectivity index (χ0) is 18.4. The third kappa shape index (κ3) is 3.18. The molecule has 8 heteroatoms. The van der Waals surface area contributed by atoms with Crippen molar-refractivity contribution in [3.63, 3.8) is 0 Å². The topological polar surface area (TPSA) is 86.2 Å². The molecule has 1 aromatic heterocycles. The minimum absolute atomic E-state index is 0.153. The average molecular weight is 364 g/mol. The van der Waals surface area contributed by atoms with Gasteiger partial charge in [-0.15, -0.1) is 0 Å². The molecule has 3 rings (SSSR count). The summed E-state index contributed by atoms with van der Waals surface area (Å²) >= 11 is 0. The van der Waals surface area contributed by atoms with Gasteiger partial charge in [0.25, 0.3) is 0 Å². The molecular formula is C17H14F2N2O3S. The van der Waals surface area contributed by atoms with Crippen molar-refractivity contribution >= 4 is 10.0 Å². The molecule has 2 N–H and O–H groups in total. The van der Waals surface area contributed by atoms with E-state index in [1.54, 1.807) is 19.1 Å². The van der Waals surface area contributed by atoms with Crippen LogP contribution in [0.4, 0.5) is 8.78 Å². The van der Waals surface area contributed by atoms with Gasteiger partial charge in [0.15, 0.2) is 0 Å². The van der Waals surface area contributed by atoms with Crippen LogP contribution in [0.25, 0.3) is 22.4 Å². The SMILES string of the molecule is Cc1cccc(-c2noc(C)c2-c2cc(F)c(S(N)(=O)=O)cc2F)c1. The zero-order valence-electron chi connectivity index (χ0n) is 13.4. The number of nitrogens with zero attached hydrogens (tertiary/aromatic N) is 1. The van der Waals surface area contributed by atoms with E-state index in [4.69, 9.17) is 9.66 Å². The van der Waals surface area contributed by atoms with Crippen LogP contribution >= 0.6 is 0 Å². The van der Waals surface area contributed by atoms with Gasteiger partial charge < -0.3 is 4.52 Å². The van der Waals surface area contributed by atoms with Crippen LogP contribution in [0.3, 0.4) is 0 Å². The van der Waals surface area contributed by atoms with Crippen molar-refractivity contribution in [2.24, 2.45) is 5.14 Å². The van der Waals surface area contributed by atoms with Crippen molar-refractivity contribution in [2.45, 2.75) is 18.7 Å². The Balaban J connectivity index is 2.25. The number of primary sulfonamides is 1. The molecule has 2 aromatic carbocycles. The van der Waals surface area contributed by atoms with E-state index >= 15 is 0 Å². The van der Waals surface area contributed by atoms with Crippen LogP contribution in [0.1, 0.15) is 11.3 Å². The second-order valence-corrected chi connectivity index (χ2v) is 7.17. The van der Waals surface area contributed by atoms with E-state index in [9.17, 15) is 17.2 Å². The molecule has 0 spiro atoms. The van der Waals surface area contributed by atoms with Crippen LogP contribution in [0.2, 0.25) is 0 Å². The zero-order valence-corrected chi connectivity index (χ0v) is 14.2. The number of hydrogen-bond acceptors (Lipinski definition) is 4. The summed E-state index contributed by atoms with van der Waals surface area (Å²) < 4.78 is 56.5. The van der Waals surface area contributed by atoms with Gasteiger partial charge in [0.05, 0.1) is 5.56 Å². The van der Waals surface area contributed by atoms with E-state index in [0.29, 0.717) is 17.3 Å². The molecular weight excluding hydrogens is 350 g/mol. The quantitative estimate of drug-likeness (QED) is 0.770. The third-order valence-corrected chi connectivity index (χ3v) is 4.68. The number of halogens is 2. The molecule has 3 aromatic rings. The molecule has 0 aliphatic heterocycles. The van der Waals surface area contributed by atoms with Crippen molar-refractivity contribution in [3.05, 3.63) is 59.4 Å². The minimum Gasteiger partial charge on any atom is -0.360 e. The molecule has 0 amide bonds. The molecule has 5 nitrogen and oxygen atoms in total. The van der Waals surface area contributed by atoms with Crippen LogP contribution in [-0.2, 0) is 10.0 Å². The predicted octanol–water partition coefficient (Wildman–Crippen LogP) is 3.55. The smallest absolute Gasteiger partial charge is 0.241 e. The maximum atomic E-state index is 14.5. The van der Waals surface area contributed by atoms with Gasteiger partial charge in [-0.25, -0.2) is 22.3 Å². The third-order valence-electron chi connectivity index (χ3n) is 3.75. The molecule has 0 bridgehead atoms. The Bertz CT molecular complexity index is 1080. The lowest BCUT2D eigenvalue weighted by atomic mass is 9.98. The van der Waals surface area contributed by atoms with Crippen LogP contribution in [-0.4, -0.2) is 13.6 Å². The Labute approximate surface area is 143 Å². The Morgan fingerprint density at radius 1 is 1.08 bits per heavy atom. The normalized spacial score (nSPS) is 11.7. The maximum Gasteiger partial charge on any atom is 0.241 e. The summed E-state index contributed by atoms with van der Waals surface area (Å²) in [4.78, 5) is -0.903. The van der Waals surface area contributed by atoms with E-state index in [0.717, 1.165) is 11.6 Å². The van der Waals surface area contributed by atoms with Gasteiger partial charge >= 0.3 is 0 Å². The van der Waals surface area contributed by atoms with E-state index in [-0.39, 0.29) is 16.9 Å². The summed E-state index contributed by atoms with van der Waals surface area (Å²) in [5, 5.41) is 8.84. The van der Waals surface area contributed by atoms with Crippen molar-refractivity contribution in [3.8, 4) is 22.4 Å². The first-order valence-corrected chi connectivity index (χ1v) is 8.78. The molecule has 0 fully saturated rings. The minimum atomic E-state index is -4.37. The van der Waals surface area contributed by atoms with Crippen molar-refractivity contribution in [2.75, 3.05) is 0 Å².